The van der Waals surface area contributed by atoms with E-state index in [0.717, 1.165) is 0 Å². The molecule has 4 rings (SSSR count). The summed E-state index contributed by atoms with van der Waals surface area (Å²) in [4.78, 5) is 38.0. The quantitative estimate of drug-likeness (QED) is 0.455. The number of thioether (sulfide) groups is 1. The minimum atomic E-state index is -2.00. The zero-order valence-electron chi connectivity index (χ0n) is 19.5. The van der Waals surface area contributed by atoms with Gasteiger partial charge in [-0.05, 0) is 56.9 Å². The number of hydrogen-bond donors (Lipinski definition) is 1. The van der Waals surface area contributed by atoms with Gasteiger partial charge in [0.25, 0.3) is 0 Å². The van der Waals surface area contributed by atoms with E-state index in [4.69, 9.17) is 16.3 Å². The van der Waals surface area contributed by atoms with Crippen LogP contribution in [0.3, 0.4) is 0 Å². The van der Waals surface area contributed by atoms with Crippen LogP contribution in [-0.4, -0.2) is 57.9 Å². The standard InChI is InChI=1S/C25H32ClFO5S/c1-14-9-18-17-6-5-15-10-16(28)7-8-22(15,2)24(17,27)19(29)11-23(18,3)25(14,20(30)12-26)32-21(31)13-33-4/h7-8,10,14,17-19,29H,5-6,9,11-13H2,1-4H3/t14-,17?,18?,19-,22?,23?,24-,25-/m0/s1. The van der Waals surface area contributed by atoms with Crippen molar-refractivity contribution in [3.05, 3.63) is 23.8 Å². The second-order valence-electron chi connectivity index (χ2n) is 10.6. The lowest BCUT2D eigenvalue weighted by molar-refractivity contribution is -0.226. The van der Waals surface area contributed by atoms with Crippen LogP contribution >= 0.6 is 23.4 Å². The number of esters is 1. The van der Waals surface area contributed by atoms with Crippen molar-refractivity contribution in [3.63, 3.8) is 0 Å². The Morgan fingerprint density at radius 3 is 2.67 bits per heavy atom. The average molecular weight is 499 g/mol. The monoisotopic (exact) mass is 498 g/mol. The number of halogens is 2. The van der Waals surface area contributed by atoms with Gasteiger partial charge in [0.2, 0.25) is 0 Å². The Kier molecular flexibility index (Phi) is 6.19. The SMILES string of the molecule is CSCC(=O)O[C@]1(C(=O)CCl)[C@@H](C)CC2C3CCC4=CC(=O)C=CC4(C)[C@@]3(F)[C@@H](O)CC21C. The molecule has 0 amide bonds. The summed E-state index contributed by atoms with van der Waals surface area (Å²) in [6, 6.07) is 0. The minimum absolute atomic E-state index is 0.0329. The van der Waals surface area contributed by atoms with Gasteiger partial charge in [0.05, 0.1) is 17.7 Å². The van der Waals surface area contributed by atoms with Crippen LogP contribution in [-0.2, 0) is 19.1 Å². The molecule has 0 aromatic heterocycles. The molecular formula is C25H32ClFO5S. The number of hydrogen-bond acceptors (Lipinski definition) is 6. The van der Waals surface area contributed by atoms with Crippen LogP contribution in [0.1, 0.15) is 46.5 Å². The second kappa shape index (κ2) is 8.20. The maximum atomic E-state index is 17.2. The molecule has 0 saturated heterocycles. The lowest BCUT2D eigenvalue weighted by atomic mass is 9.44. The van der Waals surface area contributed by atoms with Crippen molar-refractivity contribution in [2.24, 2.45) is 28.6 Å². The molecule has 1 N–H and O–H groups in total. The molecule has 0 aliphatic heterocycles. The van der Waals surface area contributed by atoms with Gasteiger partial charge in [-0.15, -0.1) is 11.6 Å². The Morgan fingerprint density at radius 2 is 2.03 bits per heavy atom. The maximum Gasteiger partial charge on any atom is 0.316 e. The molecule has 3 saturated carbocycles. The summed E-state index contributed by atoms with van der Waals surface area (Å²) in [6.45, 7) is 5.48. The van der Waals surface area contributed by atoms with Gasteiger partial charge >= 0.3 is 5.97 Å². The summed E-state index contributed by atoms with van der Waals surface area (Å²) in [6.07, 6.45) is 6.32. The molecule has 33 heavy (non-hydrogen) atoms. The van der Waals surface area contributed by atoms with Crippen molar-refractivity contribution in [2.45, 2.75) is 63.8 Å². The first-order valence-corrected chi connectivity index (χ1v) is 13.5. The molecule has 0 bridgehead atoms. The molecule has 4 aliphatic carbocycles. The van der Waals surface area contributed by atoms with E-state index in [2.05, 4.69) is 0 Å². The molecule has 0 aromatic rings. The molecule has 8 heteroatoms. The minimum Gasteiger partial charge on any atom is -0.449 e. The van der Waals surface area contributed by atoms with Gasteiger partial charge in [0.1, 0.15) is 0 Å². The first-order valence-electron chi connectivity index (χ1n) is 11.5. The van der Waals surface area contributed by atoms with Gasteiger partial charge in [0.15, 0.2) is 22.8 Å². The third kappa shape index (κ3) is 3.10. The summed E-state index contributed by atoms with van der Waals surface area (Å²) >= 11 is 7.34. The van der Waals surface area contributed by atoms with E-state index in [1.54, 1.807) is 19.3 Å². The number of ether oxygens (including phenoxy) is 1. The number of aliphatic hydroxyl groups is 1. The van der Waals surface area contributed by atoms with E-state index in [0.29, 0.717) is 24.8 Å². The molecule has 5 nitrogen and oxygen atoms in total. The van der Waals surface area contributed by atoms with Gasteiger partial charge in [-0.1, -0.05) is 25.5 Å². The third-order valence-electron chi connectivity index (χ3n) is 9.25. The zero-order chi connectivity index (χ0) is 24.4. The normalized spacial score (nSPS) is 46.2. The smallest absolute Gasteiger partial charge is 0.316 e. The molecule has 8 atom stereocenters. The predicted molar refractivity (Wildman–Crippen MR) is 126 cm³/mol. The van der Waals surface area contributed by atoms with Crippen molar-refractivity contribution in [1.29, 1.82) is 0 Å². The second-order valence-corrected chi connectivity index (χ2v) is 11.7. The number of ketones is 2. The van der Waals surface area contributed by atoms with Crippen LogP contribution in [0, 0.1) is 28.6 Å². The van der Waals surface area contributed by atoms with Crippen LogP contribution in [0.25, 0.3) is 0 Å². The van der Waals surface area contributed by atoms with E-state index in [1.165, 1.54) is 23.9 Å². The predicted octanol–water partition coefficient (Wildman–Crippen LogP) is 4.06. The Balaban J connectivity index is 1.83. The number of fused-ring (bicyclic) bond motifs is 5. The van der Waals surface area contributed by atoms with Crippen molar-refractivity contribution in [3.8, 4) is 0 Å². The molecule has 182 valence electrons. The van der Waals surface area contributed by atoms with Gasteiger partial charge < -0.3 is 9.84 Å². The Labute approximate surface area is 203 Å². The third-order valence-corrected chi connectivity index (χ3v) is 10.0. The fourth-order valence-corrected chi connectivity index (χ4v) is 8.32. The lowest BCUT2D eigenvalue weighted by Crippen LogP contribution is -2.70. The van der Waals surface area contributed by atoms with Gasteiger partial charge in [-0.2, -0.15) is 11.8 Å². The van der Waals surface area contributed by atoms with Crippen molar-refractivity contribution in [1.82, 2.24) is 0 Å². The van der Waals surface area contributed by atoms with Crippen LogP contribution in [0.2, 0.25) is 0 Å². The van der Waals surface area contributed by atoms with Crippen molar-refractivity contribution < 1.29 is 28.6 Å². The molecule has 0 heterocycles. The Morgan fingerprint density at radius 1 is 1.33 bits per heavy atom. The van der Waals surface area contributed by atoms with Gasteiger partial charge in [-0.25, -0.2) is 4.39 Å². The average Bonchev–Trinajstić information content (AvgIpc) is 2.97. The Hall–Kier alpha value is -1.18. The Bertz CT molecular complexity index is 951. The molecule has 0 aromatic carbocycles. The lowest BCUT2D eigenvalue weighted by Gasteiger charge is -2.62. The summed E-state index contributed by atoms with van der Waals surface area (Å²) in [5, 5.41) is 11.4. The van der Waals surface area contributed by atoms with Gasteiger partial charge in [-0.3, -0.25) is 14.4 Å². The van der Waals surface area contributed by atoms with Crippen molar-refractivity contribution >= 4 is 40.9 Å². The summed E-state index contributed by atoms with van der Waals surface area (Å²) in [5.41, 5.74) is -4.87. The molecule has 4 aliphatic rings. The highest BCUT2D eigenvalue weighted by Crippen LogP contribution is 2.71. The summed E-state index contributed by atoms with van der Waals surface area (Å²) in [7, 11) is 0. The summed E-state index contributed by atoms with van der Waals surface area (Å²) in [5.74, 6) is -2.51. The molecule has 0 spiro atoms. The van der Waals surface area contributed by atoms with Crippen LogP contribution in [0.4, 0.5) is 4.39 Å². The highest BCUT2D eigenvalue weighted by atomic mass is 35.5. The molecular weight excluding hydrogens is 467 g/mol. The number of carbonyl (C=O) groups is 3. The molecule has 4 unspecified atom stereocenters. The largest absolute Gasteiger partial charge is 0.449 e. The van der Waals surface area contributed by atoms with Crippen LogP contribution in [0.5, 0.6) is 0 Å². The number of allylic oxidation sites excluding steroid dienone is 4. The van der Waals surface area contributed by atoms with E-state index in [9.17, 15) is 19.5 Å². The zero-order valence-corrected chi connectivity index (χ0v) is 21.1. The van der Waals surface area contributed by atoms with Crippen molar-refractivity contribution in [2.75, 3.05) is 17.9 Å². The topological polar surface area (TPSA) is 80.7 Å². The van der Waals surface area contributed by atoms with E-state index in [1.807, 2.05) is 13.8 Å². The maximum absolute atomic E-state index is 17.2. The summed E-state index contributed by atoms with van der Waals surface area (Å²) < 4.78 is 23.2. The fraction of sp³-hybridized carbons (Fsp3) is 0.720. The first-order chi connectivity index (χ1) is 15.4. The van der Waals surface area contributed by atoms with Crippen LogP contribution < -0.4 is 0 Å². The van der Waals surface area contributed by atoms with Crippen LogP contribution in [0.15, 0.2) is 23.8 Å². The van der Waals surface area contributed by atoms with E-state index < -0.39 is 40.1 Å². The number of alkyl halides is 2. The van der Waals surface area contributed by atoms with E-state index >= 15 is 4.39 Å². The number of Topliss-reactive ketones (excluding diaryl/α,β-unsaturated/α-hetero) is 1. The van der Waals surface area contributed by atoms with Gasteiger partial charge in [0, 0.05) is 22.7 Å². The first kappa shape index (κ1) is 24.9. The number of carbonyl (C=O) groups excluding carboxylic acids is 3. The van der Waals surface area contributed by atoms with E-state index in [-0.39, 0.29) is 41.5 Å². The fourth-order valence-electron chi connectivity index (χ4n) is 7.82. The number of aliphatic hydroxyl groups excluding tert-OH is 1. The molecule has 0 radical (unpaired) electrons. The highest BCUT2D eigenvalue weighted by molar-refractivity contribution is 7.99. The molecule has 3 fully saturated rings. The highest BCUT2D eigenvalue weighted by Gasteiger charge is 2.77. The number of rotatable bonds is 5.